The van der Waals surface area contributed by atoms with Gasteiger partial charge in [-0.2, -0.15) is 0 Å². The van der Waals surface area contributed by atoms with Gasteiger partial charge in [0.1, 0.15) is 5.69 Å². The molecule has 7 heteroatoms. The molecule has 1 heterocycles. The summed E-state index contributed by atoms with van der Waals surface area (Å²) in [7, 11) is 0. The first-order chi connectivity index (χ1) is 14.0. The summed E-state index contributed by atoms with van der Waals surface area (Å²) in [5, 5.41) is 5.80. The highest BCUT2D eigenvalue weighted by Gasteiger charge is 2.17. The van der Waals surface area contributed by atoms with Crippen LogP contribution in [0.3, 0.4) is 0 Å². The van der Waals surface area contributed by atoms with Gasteiger partial charge in [-0.3, -0.25) is 9.59 Å². The number of anilines is 3. The Labute approximate surface area is 169 Å². The highest BCUT2D eigenvalue weighted by Crippen LogP contribution is 2.18. The summed E-state index contributed by atoms with van der Waals surface area (Å²) in [6, 6.07) is 18.6. The molecule has 0 unspecified atom stereocenters. The summed E-state index contributed by atoms with van der Waals surface area (Å²) in [6.07, 6.45) is 1.55. The molecule has 7 nitrogen and oxygen atoms in total. The normalized spacial score (nSPS) is 10.3. The van der Waals surface area contributed by atoms with Gasteiger partial charge in [0.05, 0.1) is 0 Å². The lowest BCUT2D eigenvalue weighted by Gasteiger charge is -2.20. The molecule has 0 aliphatic carbocycles. The lowest BCUT2D eigenvalue weighted by atomic mass is 10.2. The Morgan fingerprint density at radius 1 is 1.00 bits per heavy atom. The zero-order chi connectivity index (χ0) is 20.6. The van der Waals surface area contributed by atoms with Crippen LogP contribution in [0, 0.1) is 0 Å². The van der Waals surface area contributed by atoms with E-state index in [9.17, 15) is 9.59 Å². The molecule has 0 fully saturated rings. The molecule has 2 amide bonds. The van der Waals surface area contributed by atoms with Gasteiger partial charge in [0.15, 0.2) is 0 Å². The van der Waals surface area contributed by atoms with Gasteiger partial charge in [-0.15, -0.1) is 0 Å². The molecule has 3 rings (SSSR count). The summed E-state index contributed by atoms with van der Waals surface area (Å²) in [6.45, 7) is 4.48. The van der Waals surface area contributed by atoms with E-state index in [1.165, 1.54) is 6.92 Å². The number of benzene rings is 2. The second-order valence-electron chi connectivity index (χ2n) is 6.46. The van der Waals surface area contributed by atoms with Crippen LogP contribution in [0.5, 0.6) is 0 Å². The molecule has 148 valence electrons. The Morgan fingerprint density at radius 2 is 1.76 bits per heavy atom. The van der Waals surface area contributed by atoms with Gasteiger partial charge in [-0.1, -0.05) is 36.4 Å². The molecule has 2 N–H and O–H groups in total. The number of nitrogens with zero attached hydrogens (tertiary/aromatic N) is 3. The van der Waals surface area contributed by atoms with E-state index >= 15 is 0 Å². The Bertz CT molecular complexity index is 991. The van der Waals surface area contributed by atoms with Crippen molar-refractivity contribution >= 4 is 29.1 Å². The fourth-order valence-corrected chi connectivity index (χ4v) is 2.84. The average molecular weight is 389 g/mol. The number of hydrogen-bond donors (Lipinski definition) is 2. The fourth-order valence-electron chi connectivity index (χ4n) is 2.84. The third-order valence-electron chi connectivity index (χ3n) is 4.20. The van der Waals surface area contributed by atoms with Gasteiger partial charge < -0.3 is 15.5 Å². The molecule has 0 saturated carbocycles. The molecule has 0 aliphatic heterocycles. The van der Waals surface area contributed by atoms with E-state index in [0.29, 0.717) is 36.1 Å². The second-order valence-corrected chi connectivity index (χ2v) is 6.46. The van der Waals surface area contributed by atoms with E-state index in [2.05, 4.69) is 20.6 Å². The highest BCUT2D eigenvalue weighted by atomic mass is 16.2. The quantitative estimate of drug-likeness (QED) is 0.641. The molecule has 2 aromatic carbocycles. The summed E-state index contributed by atoms with van der Waals surface area (Å²) >= 11 is 0. The van der Waals surface area contributed by atoms with Crippen molar-refractivity contribution in [3.05, 3.63) is 78.1 Å². The van der Waals surface area contributed by atoms with Gasteiger partial charge in [0, 0.05) is 37.6 Å². The maximum absolute atomic E-state index is 12.9. The molecule has 0 saturated heterocycles. The van der Waals surface area contributed by atoms with Crippen LogP contribution >= 0.6 is 0 Å². The first-order valence-corrected chi connectivity index (χ1v) is 9.36. The molecule has 29 heavy (non-hydrogen) atoms. The minimum absolute atomic E-state index is 0.149. The molecule has 3 aromatic rings. The first-order valence-electron chi connectivity index (χ1n) is 9.36. The lowest BCUT2D eigenvalue weighted by Crippen LogP contribution is -2.31. The van der Waals surface area contributed by atoms with Gasteiger partial charge in [0.25, 0.3) is 5.91 Å². The van der Waals surface area contributed by atoms with E-state index in [0.717, 1.165) is 5.56 Å². The van der Waals surface area contributed by atoms with Crippen molar-refractivity contribution in [3.8, 4) is 0 Å². The third kappa shape index (κ3) is 5.62. The van der Waals surface area contributed by atoms with Gasteiger partial charge in [-0.05, 0) is 36.8 Å². The SMILES string of the molecule is CCN(Cc1ccccc1)C(=O)c1ccnc(Nc2cccc(NC(C)=O)c2)n1. The van der Waals surface area contributed by atoms with Crippen LogP contribution in [-0.4, -0.2) is 33.2 Å². The average Bonchev–Trinajstić information content (AvgIpc) is 2.72. The van der Waals surface area contributed by atoms with Crippen molar-refractivity contribution in [3.63, 3.8) is 0 Å². The van der Waals surface area contributed by atoms with Crippen LogP contribution in [0.4, 0.5) is 17.3 Å². The van der Waals surface area contributed by atoms with Crippen LogP contribution in [-0.2, 0) is 11.3 Å². The Kier molecular flexibility index (Phi) is 6.52. The van der Waals surface area contributed by atoms with E-state index in [4.69, 9.17) is 0 Å². The monoisotopic (exact) mass is 389 g/mol. The summed E-state index contributed by atoms with van der Waals surface area (Å²) in [5.74, 6) is 0.00413. The number of amides is 2. The van der Waals surface area contributed by atoms with E-state index in [-0.39, 0.29) is 11.8 Å². The molecular weight excluding hydrogens is 366 g/mol. The zero-order valence-electron chi connectivity index (χ0n) is 16.4. The topological polar surface area (TPSA) is 87.2 Å². The minimum atomic E-state index is -0.159. The van der Waals surface area contributed by atoms with Crippen LogP contribution in [0.15, 0.2) is 66.9 Å². The van der Waals surface area contributed by atoms with E-state index < -0.39 is 0 Å². The third-order valence-corrected chi connectivity index (χ3v) is 4.20. The largest absolute Gasteiger partial charge is 0.333 e. The van der Waals surface area contributed by atoms with Gasteiger partial charge >= 0.3 is 0 Å². The summed E-state index contributed by atoms with van der Waals surface area (Å²) < 4.78 is 0. The minimum Gasteiger partial charge on any atom is -0.333 e. The number of carbonyl (C=O) groups is 2. The Hall–Kier alpha value is -3.74. The number of aromatic nitrogens is 2. The molecule has 0 bridgehead atoms. The van der Waals surface area contributed by atoms with Crippen LogP contribution in [0.25, 0.3) is 0 Å². The first kappa shape index (κ1) is 20.0. The molecule has 0 radical (unpaired) electrons. The molecule has 0 atom stereocenters. The molecular formula is C22H23N5O2. The number of hydrogen-bond acceptors (Lipinski definition) is 5. The maximum atomic E-state index is 12.9. The van der Waals surface area contributed by atoms with Crippen LogP contribution < -0.4 is 10.6 Å². The zero-order valence-corrected chi connectivity index (χ0v) is 16.4. The second kappa shape index (κ2) is 9.45. The Morgan fingerprint density at radius 3 is 2.48 bits per heavy atom. The Balaban J connectivity index is 1.74. The molecule has 0 aliphatic rings. The highest BCUT2D eigenvalue weighted by molar-refractivity contribution is 5.92. The van der Waals surface area contributed by atoms with Crippen molar-refractivity contribution in [2.75, 3.05) is 17.2 Å². The standard InChI is InChI=1S/C22H23N5O2/c1-3-27(15-17-8-5-4-6-9-17)21(29)20-12-13-23-22(26-20)25-19-11-7-10-18(14-19)24-16(2)28/h4-14H,3,15H2,1-2H3,(H,24,28)(H,23,25,26). The number of carbonyl (C=O) groups excluding carboxylic acids is 2. The molecule has 0 spiro atoms. The number of nitrogens with one attached hydrogen (secondary N) is 2. The van der Waals surface area contributed by atoms with Crippen LogP contribution in [0.1, 0.15) is 29.9 Å². The number of rotatable bonds is 7. The van der Waals surface area contributed by atoms with Crippen LogP contribution in [0.2, 0.25) is 0 Å². The molecule has 1 aromatic heterocycles. The fraction of sp³-hybridized carbons (Fsp3) is 0.182. The smallest absolute Gasteiger partial charge is 0.272 e. The van der Waals surface area contributed by atoms with Crippen molar-refractivity contribution < 1.29 is 9.59 Å². The predicted molar refractivity (Wildman–Crippen MR) is 113 cm³/mol. The van der Waals surface area contributed by atoms with Gasteiger partial charge in [0.2, 0.25) is 11.9 Å². The lowest BCUT2D eigenvalue weighted by molar-refractivity contribution is -0.114. The van der Waals surface area contributed by atoms with E-state index in [1.54, 1.807) is 35.4 Å². The van der Waals surface area contributed by atoms with Crippen molar-refractivity contribution in [1.82, 2.24) is 14.9 Å². The van der Waals surface area contributed by atoms with Gasteiger partial charge in [-0.25, -0.2) is 9.97 Å². The van der Waals surface area contributed by atoms with Crippen molar-refractivity contribution in [2.45, 2.75) is 20.4 Å². The van der Waals surface area contributed by atoms with E-state index in [1.807, 2.05) is 43.3 Å². The summed E-state index contributed by atoms with van der Waals surface area (Å²) in [5.41, 5.74) is 2.75. The van der Waals surface area contributed by atoms with Crippen molar-refractivity contribution in [1.29, 1.82) is 0 Å². The summed E-state index contributed by atoms with van der Waals surface area (Å²) in [4.78, 5) is 34.4. The predicted octanol–water partition coefficient (Wildman–Crippen LogP) is 3.84. The maximum Gasteiger partial charge on any atom is 0.272 e. The van der Waals surface area contributed by atoms with Crippen molar-refractivity contribution in [2.24, 2.45) is 0 Å².